The number of H-pyrrole nitrogens is 1. The van der Waals surface area contributed by atoms with Crippen molar-refractivity contribution < 1.29 is 0 Å². The number of nitrogens with zero attached hydrogens (tertiary/aromatic N) is 3. The Hall–Kier alpha value is -1.43. The van der Waals surface area contributed by atoms with Crippen LogP contribution in [0.4, 0.5) is 5.13 Å². The van der Waals surface area contributed by atoms with E-state index in [-0.39, 0.29) is 0 Å². The fraction of sp³-hybridized carbons (Fsp3) is 0.167. The third-order valence-corrected chi connectivity index (χ3v) is 1.95. The van der Waals surface area contributed by atoms with Gasteiger partial charge in [-0.05, 0) is 0 Å². The molecule has 0 amide bonds. The van der Waals surface area contributed by atoms with Crippen molar-refractivity contribution >= 4 is 16.7 Å². The van der Waals surface area contributed by atoms with E-state index < -0.39 is 0 Å². The third-order valence-electron chi connectivity index (χ3n) is 1.32. The van der Waals surface area contributed by atoms with Crippen molar-refractivity contribution in [1.29, 1.82) is 0 Å². The molecule has 0 aliphatic heterocycles. The van der Waals surface area contributed by atoms with Crippen molar-refractivity contribution in [3.63, 3.8) is 0 Å². The first kappa shape index (κ1) is 7.23. The van der Waals surface area contributed by atoms with Gasteiger partial charge in [-0.25, -0.2) is 9.97 Å². The fourth-order valence-corrected chi connectivity index (χ4v) is 1.23. The van der Waals surface area contributed by atoms with Crippen LogP contribution >= 0.6 is 11.5 Å². The number of anilines is 1. The first-order valence-corrected chi connectivity index (χ1v) is 4.21. The van der Waals surface area contributed by atoms with E-state index in [0.717, 1.165) is 11.0 Å². The Bertz CT molecular complexity index is 279. The van der Waals surface area contributed by atoms with Crippen molar-refractivity contribution in [2.75, 3.05) is 5.32 Å². The average Bonchev–Trinajstić information content (AvgIpc) is 2.74. The fourth-order valence-electron chi connectivity index (χ4n) is 0.805. The molecule has 0 radical (unpaired) electrons. The molecule has 6 heteroatoms. The Balaban J connectivity index is 1.91. The summed E-state index contributed by atoms with van der Waals surface area (Å²) < 4.78 is 3.86. The van der Waals surface area contributed by atoms with Crippen molar-refractivity contribution in [3.05, 3.63) is 24.5 Å². The number of rotatable bonds is 3. The first-order valence-electron chi connectivity index (χ1n) is 3.44. The van der Waals surface area contributed by atoms with Gasteiger partial charge in [-0.3, -0.25) is 0 Å². The normalized spacial score (nSPS) is 10.0. The molecule has 0 saturated carbocycles. The van der Waals surface area contributed by atoms with E-state index in [1.807, 2.05) is 0 Å². The largest absolute Gasteiger partial charge is 0.353 e. The molecule has 0 aliphatic carbocycles. The van der Waals surface area contributed by atoms with E-state index in [0.29, 0.717) is 6.54 Å². The van der Waals surface area contributed by atoms with Crippen LogP contribution in [0.15, 0.2) is 18.7 Å². The highest BCUT2D eigenvalue weighted by Crippen LogP contribution is 2.06. The molecule has 62 valence electrons. The number of aromatic amines is 1. The van der Waals surface area contributed by atoms with Gasteiger partial charge in [0.05, 0.1) is 6.54 Å². The Labute approximate surface area is 73.1 Å². The Kier molecular flexibility index (Phi) is 2.00. The van der Waals surface area contributed by atoms with Crippen molar-refractivity contribution in [2.45, 2.75) is 6.54 Å². The minimum absolute atomic E-state index is 0.655. The van der Waals surface area contributed by atoms with Gasteiger partial charge in [0, 0.05) is 23.9 Å². The summed E-state index contributed by atoms with van der Waals surface area (Å²) in [5.74, 6) is 0.894. The Morgan fingerprint density at radius 3 is 3.17 bits per heavy atom. The van der Waals surface area contributed by atoms with Crippen LogP contribution in [0.25, 0.3) is 0 Å². The van der Waals surface area contributed by atoms with E-state index in [4.69, 9.17) is 0 Å². The molecule has 0 aliphatic rings. The maximum absolute atomic E-state index is 4.05. The molecule has 0 unspecified atom stereocenters. The number of imidazole rings is 1. The van der Waals surface area contributed by atoms with Gasteiger partial charge in [-0.1, -0.05) is 0 Å². The molecule has 2 aromatic heterocycles. The maximum atomic E-state index is 4.05. The van der Waals surface area contributed by atoms with Crippen LogP contribution in [-0.4, -0.2) is 19.3 Å². The Morgan fingerprint density at radius 2 is 2.50 bits per heavy atom. The second-order valence-corrected chi connectivity index (χ2v) is 2.92. The minimum Gasteiger partial charge on any atom is -0.353 e. The number of hydrogen-bond acceptors (Lipinski definition) is 5. The summed E-state index contributed by atoms with van der Waals surface area (Å²) >= 11 is 1.33. The molecular weight excluding hydrogens is 174 g/mol. The van der Waals surface area contributed by atoms with Crippen LogP contribution < -0.4 is 5.32 Å². The summed E-state index contributed by atoms with van der Waals surface area (Å²) in [7, 11) is 0. The monoisotopic (exact) mass is 181 g/mol. The standard InChI is InChI=1S/C6H7N5S/c1-2-8-5(7-1)3-9-6-10-4-11-12-6/h1-2,4H,3H2,(H,7,8)(H,9,10,11). The average molecular weight is 181 g/mol. The highest BCUT2D eigenvalue weighted by atomic mass is 32.1. The van der Waals surface area contributed by atoms with Gasteiger partial charge in [-0.2, -0.15) is 4.37 Å². The van der Waals surface area contributed by atoms with Crippen LogP contribution in [0, 0.1) is 0 Å². The molecule has 12 heavy (non-hydrogen) atoms. The third kappa shape index (κ3) is 1.59. The van der Waals surface area contributed by atoms with E-state index >= 15 is 0 Å². The molecule has 0 atom stereocenters. The molecule has 2 rings (SSSR count). The zero-order chi connectivity index (χ0) is 8.23. The lowest BCUT2D eigenvalue weighted by Crippen LogP contribution is -2.00. The van der Waals surface area contributed by atoms with Crippen LogP contribution in [0.2, 0.25) is 0 Å². The topological polar surface area (TPSA) is 66.5 Å². The molecule has 5 nitrogen and oxygen atoms in total. The van der Waals surface area contributed by atoms with E-state index in [1.165, 1.54) is 17.9 Å². The summed E-state index contributed by atoms with van der Waals surface area (Å²) in [6.07, 6.45) is 5.03. The molecule has 0 fully saturated rings. The molecule has 0 aromatic carbocycles. The number of aromatic nitrogens is 4. The SMILES string of the molecule is c1c[nH]c(CNc2ncns2)n1. The summed E-state index contributed by atoms with van der Waals surface area (Å²) in [6.45, 7) is 0.655. The lowest BCUT2D eigenvalue weighted by Gasteiger charge is -1.96. The molecule has 0 saturated heterocycles. The van der Waals surface area contributed by atoms with Gasteiger partial charge >= 0.3 is 0 Å². The molecule has 2 N–H and O–H groups in total. The van der Waals surface area contributed by atoms with Crippen molar-refractivity contribution in [2.24, 2.45) is 0 Å². The van der Waals surface area contributed by atoms with Crippen molar-refractivity contribution in [3.8, 4) is 0 Å². The van der Waals surface area contributed by atoms with Crippen LogP contribution in [0.5, 0.6) is 0 Å². The Morgan fingerprint density at radius 1 is 1.50 bits per heavy atom. The lowest BCUT2D eigenvalue weighted by atomic mass is 10.6. The summed E-state index contributed by atoms with van der Waals surface area (Å²) in [4.78, 5) is 11.0. The zero-order valence-corrected chi connectivity index (χ0v) is 7.01. The van der Waals surface area contributed by atoms with Crippen LogP contribution in [0.1, 0.15) is 5.82 Å². The van der Waals surface area contributed by atoms with E-state index in [1.54, 1.807) is 12.4 Å². The smallest absolute Gasteiger partial charge is 0.202 e. The first-order chi connectivity index (χ1) is 5.95. The number of hydrogen-bond donors (Lipinski definition) is 2. The van der Waals surface area contributed by atoms with E-state index in [9.17, 15) is 0 Å². The molecule has 0 bridgehead atoms. The van der Waals surface area contributed by atoms with Crippen LogP contribution in [-0.2, 0) is 6.54 Å². The highest BCUT2D eigenvalue weighted by Gasteiger charge is 1.96. The predicted octanol–water partition coefficient (Wildman–Crippen LogP) is 0.873. The second-order valence-electron chi connectivity index (χ2n) is 2.14. The van der Waals surface area contributed by atoms with Crippen molar-refractivity contribution in [1.82, 2.24) is 19.3 Å². The summed E-state index contributed by atoms with van der Waals surface area (Å²) in [5.41, 5.74) is 0. The second kappa shape index (κ2) is 3.31. The molecule has 0 spiro atoms. The van der Waals surface area contributed by atoms with E-state index in [2.05, 4.69) is 24.6 Å². The summed E-state index contributed by atoms with van der Waals surface area (Å²) in [6, 6.07) is 0. The predicted molar refractivity (Wildman–Crippen MR) is 45.8 cm³/mol. The zero-order valence-electron chi connectivity index (χ0n) is 6.19. The van der Waals surface area contributed by atoms with Gasteiger partial charge in [-0.15, -0.1) is 0 Å². The van der Waals surface area contributed by atoms with Crippen LogP contribution in [0.3, 0.4) is 0 Å². The minimum atomic E-state index is 0.655. The van der Waals surface area contributed by atoms with Gasteiger partial charge in [0.1, 0.15) is 12.2 Å². The van der Waals surface area contributed by atoms with Gasteiger partial charge < -0.3 is 10.3 Å². The summed E-state index contributed by atoms with van der Waals surface area (Å²) in [5, 5.41) is 3.89. The molecular formula is C6H7N5S. The number of nitrogens with one attached hydrogen (secondary N) is 2. The van der Waals surface area contributed by atoms with Gasteiger partial charge in [0.2, 0.25) is 5.13 Å². The quantitative estimate of drug-likeness (QED) is 0.737. The molecule has 2 heterocycles. The van der Waals surface area contributed by atoms with Gasteiger partial charge in [0.25, 0.3) is 0 Å². The van der Waals surface area contributed by atoms with Gasteiger partial charge in [0.15, 0.2) is 0 Å². The highest BCUT2D eigenvalue weighted by molar-refractivity contribution is 7.09. The maximum Gasteiger partial charge on any atom is 0.202 e. The lowest BCUT2D eigenvalue weighted by molar-refractivity contribution is 0.996. The molecule has 2 aromatic rings.